The second-order valence-electron chi connectivity index (χ2n) is 0. The Bertz CT molecular complexity index is 8.00. The van der Waals surface area contributed by atoms with Gasteiger partial charge in [-0.1, -0.05) is 0 Å². The molecule has 0 aromatic rings. The summed E-state index contributed by atoms with van der Waals surface area (Å²) in [4.78, 5) is 0. The molecule has 0 saturated carbocycles. The van der Waals surface area contributed by atoms with Gasteiger partial charge in [-0.05, 0) is 0 Å². The molecular weight excluding hydrogens is 302 g/mol. The Morgan fingerprint density at radius 3 is 1.25 bits per heavy atom. The molecule has 0 heterocycles. The third-order valence-corrected chi connectivity index (χ3v) is 0. The molecule has 4 heteroatoms. The Morgan fingerprint density at radius 2 is 1.25 bits per heavy atom. The maximum absolute atomic E-state index is 1.72. The van der Waals surface area contributed by atoms with Crippen molar-refractivity contribution in [1.29, 1.82) is 0 Å². The van der Waals surface area contributed by atoms with Crippen LogP contribution in [0.3, 0.4) is 0 Å². The van der Waals surface area contributed by atoms with Crippen molar-refractivity contribution >= 4 is 25.6 Å². The third-order valence-electron chi connectivity index (χ3n) is 0. The summed E-state index contributed by atoms with van der Waals surface area (Å²) in [6.45, 7) is 0. The second kappa shape index (κ2) is 20.3. The fourth-order valence-corrected chi connectivity index (χ4v) is 0. The fourth-order valence-electron chi connectivity index (χ4n) is 0. The van der Waals surface area contributed by atoms with Crippen LogP contribution >= 0.6 is 0 Å². The van der Waals surface area contributed by atoms with Crippen molar-refractivity contribution in [3.63, 3.8) is 0 Å². The van der Waals surface area contributed by atoms with Crippen LogP contribution in [0.2, 0.25) is 0 Å². The van der Waals surface area contributed by atoms with Crippen LogP contribution in [0, 0.1) is 0 Å². The molecule has 0 bridgehead atoms. The molecular formula is H6AlCuSiW. The van der Waals surface area contributed by atoms with Crippen molar-refractivity contribution in [3.8, 4) is 0 Å². The van der Waals surface area contributed by atoms with E-state index in [0.29, 0.717) is 0 Å². The monoisotopic (exact) mass is 308 g/mol. The Kier molecular flexibility index (Phi) is 84.8. The van der Waals surface area contributed by atoms with Gasteiger partial charge in [0.2, 0.25) is 0 Å². The van der Waals surface area contributed by atoms with Gasteiger partial charge < -0.3 is 0 Å². The van der Waals surface area contributed by atoms with Crippen molar-refractivity contribution in [2.24, 2.45) is 0 Å². The van der Waals surface area contributed by atoms with E-state index >= 15 is 0 Å². The van der Waals surface area contributed by atoms with Crippen molar-refractivity contribution in [2.75, 3.05) is 0 Å². The van der Waals surface area contributed by atoms with Gasteiger partial charge in [-0.2, -0.15) is 0 Å². The van der Waals surface area contributed by atoms with E-state index in [4.69, 9.17) is 0 Å². The summed E-state index contributed by atoms with van der Waals surface area (Å²) in [5, 5.41) is 0. The van der Waals surface area contributed by atoms with Crippen LogP contribution in [0.15, 0.2) is 0 Å². The summed E-state index contributed by atoms with van der Waals surface area (Å²) in [5.74, 6) is 0. The van der Waals surface area contributed by atoms with Gasteiger partial charge in [0, 0.05) is 17.1 Å². The molecule has 0 atom stereocenters. The Labute approximate surface area is 61.3 Å². The van der Waals surface area contributed by atoms with E-state index in [1.807, 2.05) is 0 Å². The zero-order chi connectivity index (χ0) is 2.00. The molecule has 0 aliphatic rings. The molecule has 0 rings (SSSR count). The molecule has 30 valence electrons. The molecule has 0 amide bonds. The standard InChI is InChI=1S/Al.Cu.H3Si.W.3H/h;;1H3;;;;. The van der Waals surface area contributed by atoms with E-state index in [1.54, 1.807) is 19.1 Å². The molecule has 0 unspecified atom stereocenters. The van der Waals surface area contributed by atoms with E-state index in [2.05, 4.69) is 0 Å². The van der Waals surface area contributed by atoms with Crippen LogP contribution in [0.4, 0.5) is 0 Å². The van der Waals surface area contributed by atoms with Gasteiger partial charge in [-0.3, -0.25) is 0 Å². The second-order valence-corrected chi connectivity index (χ2v) is 0. The van der Waals surface area contributed by atoms with Crippen LogP contribution in [-0.4, -0.2) is 25.6 Å². The SMILES string of the molecule is [AlH3].[Cu].[SiH3][W]. The quantitative estimate of drug-likeness (QED) is 0.439. The van der Waals surface area contributed by atoms with Crippen molar-refractivity contribution in [3.05, 3.63) is 0 Å². The zero-order valence-electron chi connectivity index (χ0n) is 1.71. The van der Waals surface area contributed by atoms with Crippen LogP contribution in [0.5, 0.6) is 0 Å². The normalized spacial score (nSPS) is 2.00. The van der Waals surface area contributed by atoms with E-state index in [1.165, 1.54) is 8.21 Å². The average Bonchev–Trinajstić information content (AvgIpc) is 1.00. The topological polar surface area (TPSA) is 0 Å². The minimum atomic E-state index is 0. The Morgan fingerprint density at radius 1 is 1.25 bits per heavy atom. The minimum absolute atomic E-state index is 0. The van der Waals surface area contributed by atoms with Gasteiger partial charge in [-0.15, -0.1) is 0 Å². The molecule has 0 aromatic heterocycles. The van der Waals surface area contributed by atoms with Gasteiger partial charge in [0.15, 0.2) is 17.4 Å². The first-order chi connectivity index (χ1) is 1.00. The summed E-state index contributed by atoms with van der Waals surface area (Å²) in [6, 6.07) is 0. The van der Waals surface area contributed by atoms with Crippen LogP contribution in [0.25, 0.3) is 0 Å². The summed E-state index contributed by atoms with van der Waals surface area (Å²) >= 11 is 1.72. The molecule has 1 radical (unpaired) electrons. The first kappa shape index (κ1) is 16.7. The van der Waals surface area contributed by atoms with E-state index in [-0.39, 0.29) is 34.4 Å². The summed E-state index contributed by atoms with van der Waals surface area (Å²) in [7, 11) is 1.39. The zero-order valence-corrected chi connectivity index (χ0v) is 7.58. The van der Waals surface area contributed by atoms with E-state index in [9.17, 15) is 0 Å². The average molecular weight is 309 g/mol. The van der Waals surface area contributed by atoms with Gasteiger partial charge in [0.1, 0.15) is 0 Å². The van der Waals surface area contributed by atoms with Crippen molar-refractivity contribution in [2.45, 2.75) is 0 Å². The van der Waals surface area contributed by atoms with Gasteiger partial charge >= 0.3 is 27.3 Å². The Balaban J connectivity index is -0.00000000500. The molecule has 0 aliphatic heterocycles. The first-order valence-corrected chi connectivity index (χ1v) is 10.0. The van der Waals surface area contributed by atoms with Crippen molar-refractivity contribution < 1.29 is 36.2 Å². The maximum atomic E-state index is 1.72. The molecule has 4 heavy (non-hydrogen) atoms. The summed E-state index contributed by atoms with van der Waals surface area (Å²) < 4.78 is 0. The van der Waals surface area contributed by atoms with Crippen LogP contribution < -0.4 is 0 Å². The van der Waals surface area contributed by atoms with Crippen LogP contribution in [-0.2, 0) is 36.2 Å². The van der Waals surface area contributed by atoms with Crippen LogP contribution in [0.1, 0.15) is 0 Å². The molecule has 0 spiro atoms. The number of rotatable bonds is 0. The van der Waals surface area contributed by atoms with Gasteiger partial charge in [-0.25, -0.2) is 0 Å². The Hall–Kier alpha value is 1.96. The molecule has 0 N–H and O–H groups in total. The molecule has 0 saturated heterocycles. The third kappa shape index (κ3) is 9.03. The molecule has 0 fully saturated rings. The number of hydrogen-bond acceptors (Lipinski definition) is 0. The van der Waals surface area contributed by atoms with Gasteiger partial charge in [0.05, 0.1) is 0 Å². The molecule has 0 aliphatic carbocycles. The number of hydrogen-bond donors (Lipinski definition) is 0. The van der Waals surface area contributed by atoms with Gasteiger partial charge in [0.25, 0.3) is 0 Å². The predicted molar refractivity (Wildman–Crippen MR) is 19.9 cm³/mol. The van der Waals surface area contributed by atoms with E-state index in [0.717, 1.165) is 0 Å². The van der Waals surface area contributed by atoms with Crippen molar-refractivity contribution in [1.82, 2.24) is 0 Å². The fraction of sp³-hybridized carbons (Fsp3) is 0. The van der Waals surface area contributed by atoms with E-state index < -0.39 is 0 Å². The molecule has 0 aromatic carbocycles. The first-order valence-electron chi connectivity index (χ1n) is 0.408. The summed E-state index contributed by atoms with van der Waals surface area (Å²) in [6.07, 6.45) is 0. The summed E-state index contributed by atoms with van der Waals surface area (Å²) in [5.41, 5.74) is 0. The predicted octanol–water partition coefficient (Wildman–Crippen LogP) is -2.37. The molecule has 0 nitrogen and oxygen atoms in total.